The summed E-state index contributed by atoms with van der Waals surface area (Å²) in [6.07, 6.45) is 12.4. The van der Waals surface area contributed by atoms with Crippen molar-refractivity contribution in [3.63, 3.8) is 0 Å². The van der Waals surface area contributed by atoms with E-state index in [-0.39, 0.29) is 0 Å². The minimum absolute atomic E-state index is 0.725. The molecule has 0 atom stereocenters. The first kappa shape index (κ1) is 18.6. The standard InChI is InChI=1S/C23H37NO/c1-5-19-12-21(24)22(25-4)13-20(19)11-17-6-8-23(9-7-17)14-18(15-23)10-16(2)3/h12-13,16-18H,5-11,14-15,24H2,1-4H3. The van der Waals surface area contributed by atoms with Gasteiger partial charge in [0.15, 0.2) is 0 Å². The Bertz CT molecular complexity index is 576. The maximum absolute atomic E-state index is 6.09. The van der Waals surface area contributed by atoms with Gasteiger partial charge in [-0.25, -0.2) is 0 Å². The van der Waals surface area contributed by atoms with Gasteiger partial charge in [0.05, 0.1) is 12.8 Å². The zero-order valence-corrected chi connectivity index (χ0v) is 16.7. The molecule has 0 aromatic heterocycles. The maximum atomic E-state index is 6.09. The number of nitrogen functional groups attached to an aromatic ring is 1. The van der Waals surface area contributed by atoms with Crippen LogP contribution >= 0.6 is 0 Å². The molecule has 0 radical (unpaired) electrons. The van der Waals surface area contributed by atoms with Crippen molar-refractivity contribution in [3.8, 4) is 5.75 Å². The lowest BCUT2D eigenvalue weighted by molar-refractivity contribution is -0.00824. The van der Waals surface area contributed by atoms with E-state index in [1.807, 2.05) is 0 Å². The quantitative estimate of drug-likeness (QED) is 0.641. The Morgan fingerprint density at radius 2 is 1.80 bits per heavy atom. The highest BCUT2D eigenvalue weighted by Crippen LogP contribution is 2.57. The van der Waals surface area contributed by atoms with Crippen LogP contribution in [0.3, 0.4) is 0 Å². The monoisotopic (exact) mass is 343 g/mol. The summed E-state index contributed by atoms with van der Waals surface area (Å²) in [6.45, 7) is 6.96. The normalized spacial score (nSPS) is 29.0. The fourth-order valence-corrected chi connectivity index (χ4v) is 5.59. The summed E-state index contributed by atoms with van der Waals surface area (Å²) in [6, 6.07) is 4.32. The van der Waals surface area contributed by atoms with Gasteiger partial charge in [-0.3, -0.25) is 0 Å². The summed E-state index contributed by atoms with van der Waals surface area (Å²) < 4.78 is 5.45. The van der Waals surface area contributed by atoms with Crippen LogP contribution in [-0.2, 0) is 12.8 Å². The Labute approximate surface area is 154 Å². The molecule has 25 heavy (non-hydrogen) atoms. The SMILES string of the molecule is CCc1cc(N)c(OC)cc1CC1CCC2(CC1)CC(CC(C)C)C2. The smallest absolute Gasteiger partial charge is 0.142 e. The second-order valence-electron chi connectivity index (χ2n) is 9.27. The van der Waals surface area contributed by atoms with Crippen LogP contribution in [0, 0.1) is 23.2 Å². The van der Waals surface area contributed by atoms with Gasteiger partial charge in [0.2, 0.25) is 0 Å². The van der Waals surface area contributed by atoms with Crippen LogP contribution in [0.5, 0.6) is 5.75 Å². The minimum atomic E-state index is 0.725. The van der Waals surface area contributed by atoms with E-state index >= 15 is 0 Å². The molecule has 0 amide bonds. The molecule has 140 valence electrons. The lowest BCUT2D eigenvalue weighted by Gasteiger charge is -2.52. The Morgan fingerprint density at radius 3 is 2.36 bits per heavy atom. The topological polar surface area (TPSA) is 35.2 Å². The van der Waals surface area contributed by atoms with E-state index < -0.39 is 0 Å². The Morgan fingerprint density at radius 1 is 1.12 bits per heavy atom. The molecule has 0 heterocycles. The molecule has 2 heteroatoms. The Balaban J connectivity index is 1.56. The van der Waals surface area contributed by atoms with Gasteiger partial charge in [-0.1, -0.05) is 20.8 Å². The van der Waals surface area contributed by atoms with Crippen LogP contribution in [0.25, 0.3) is 0 Å². The lowest BCUT2D eigenvalue weighted by atomic mass is 9.53. The third-order valence-corrected chi connectivity index (χ3v) is 6.86. The molecule has 3 rings (SSSR count). The first-order chi connectivity index (χ1) is 11.9. The Hall–Kier alpha value is -1.18. The molecule has 2 N–H and O–H groups in total. The van der Waals surface area contributed by atoms with Crippen LogP contribution in [0.1, 0.15) is 76.8 Å². The fraction of sp³-hybridized carbons (Fsp3) is 0.739. The molecule has 2 aliphatic rings. The number of anilines is 1. The predicted molar refractivity (Wildman–Crippen MR) is 107 cm³/mol. The second-order valence-corrected chi connectivity index (χ2v) is 9.27. The van der Waals surface area contributed by atoms with E-state index in [1.54, 1.807) is 7.11 Å². The van der Waals surface area contributed by atoms with E-state index in [1.165, 1.54) is 62.5 Å². The summed E-state index contributed by atoms with van der Waals surface area (Å²) in [7, 11) is 1.72. The molecule has 0 unspecified atom stereocenters. The maximum Gasteiger partial charge on any atom is 0.142 e. The van der Waals surface area contributed by atoms with Crippen molar-refractivity contribution in [2.45, 2.75) is 78.6 Å². The van der Waals surface area contributed by atoms with E-state index in [2.05, 4.69) is 32.9 Å². The number of hydrogen-bond donors (Lipinski definition) is 1. The highest BCUT2D eigenvalue weighted by molar-refractivity contribution is 5.57. The van der Waals surface area contributed by atoms with Crippen molar-refractivity contribution in [2.24, 2.45) is 23.2 Å². The van der Waals surface area contributed by atoms with Crippen molar-refractivity contribution in [1.29, 1.82) is 0 Å². The molecule has 0 bridgehead atoms. The molecule has 2 saturated carbocycles. The molecule has 1 spiro atoms. The molecule has 2 fully saturated rings. The Kier molecular flexibility index (Phi) is 5.65. The minimum Gasteiger partial charge on any atom is -0.495 e. The molecular weight excluding hydrogens is 306 g/mol. The average Bonchev–Trinajstić information content (AvgIpc) is 2.56. The first-order valence-corrected chi connectivity index (χ1v) is 10.4. The summed E-state index contributed by atoms with van der Waals surface area (Å²) in [5, 5.41) is 0. The second kappa shape index (κ2) is 7.60. The molecule has 1 aromatic rings. The van der Waals surface area contributed by atoms with Gasteiger partial charge in [0, 0.05) is 0 Å². The van der Waals surface area contributed by atoms with Crippen molar-refractivity contribution in [2.75, 3.05) is 12.8 Å². The predicted octanol–water partition coefficient (Wildman–Crippen LogP) is 6.02. The first-order valence-electron chi connectivity index (χ1n) is 10.4. The number of hydrogen-bond acceptors (Lipinski definition) is 2. The van der Waals surface area contributed by atoms with Crippen molar-refractivity contribution in [1.82, 2.24) is 0 Å². The highest BCUT2D eigenvalue weighted by Gasteiger charge is 2.45. The van der Waals surface area contributed by atoms with Crippen LogP contribution in [0.2, 0.25) is 0 Å². The number of rotatable bonds is 6. The summed E-state index contributed by atoms with van der Waals surface area (Å²) >= 11 is 0. The summed E-state index contributed by atoms with van der Waals surface area (Å²) in [5.41, 5.74) is 10.5. The third kappa shape index (κ3) is 4.15. The lowest BCUT2D eigenvalue weighted by Crippen LogP contribution is -2.41. The average molecular weight is 344 g/mol. The number of aryl methyl sites for hydroxylation is 1. The largest absolute Gasteiger partial charge is 0.495 e. The molecular formula is C23H37NO. The highest BCUT2D eigenvalue weighted by atomic mass is 16.5. The van der Waals surface area contributed by atoms with Gasteiger partial charge in [-0.05, 0) is 104 Å². The molecule has 0 aliphatic heterocycles. The fourth-order valence-electron chi connectivity index (χ4n) is 5.59. The number of benzene rings is 1. The van der Waals surface area contributed by atoms with Crippen molar-refractivity contribution < 1.29 is 4.74 Å². The molecule has 1 aromatic carbocycles. The van der Waals surface area contributed by atoms with Gasteiger partial charge >= 0.3 is 0 Å². The van der Waals surface area contributed by atoms with Crippen LogP contribution in [-0.4, -0.2) is 7.11 Å². The van der Waals surface area contributed by atoms with E-state index in [0.717, 1.165) is 41.0 Å². The van der Waals surface area contributed by atoms with E-state index in [0.29, 0.717) is 0 Å². The van der Waals surface area contributed by atoms with E-state index in [4.69, 9.17) is 10.5 Å². The molecule has 2 nitrogen and oxygen atoms in total. The third-order valence-electron chi connectivity index (χ3n) is 6.86. The zero-order valence-electron chi connectivity index (χ0n) is 16.7. The van der Waals surface area contributed by atoms with E-state index in [9.17, 15) is 0 Å². The van der Waals surface area contributed by atoms with Gasteiger partial charge < -0.3 is 10.5 Å². The van der Waals surface area contributed by atoms with Crippen molar-refractivity contribution >= 4 is 5.69 Å². The van der Waals surface area contributed by atoms with Crippen LogP contribution in [0.15, 0.2) is 12.1 Å². The van der Waals surface area contributed by atoms with Gasteiger partial charge in [0.25, 0.3) is 0 Å². The summed E-state index contributed by atoms with van der Waals surface area (Å²) in [4.78, 5) is 0. The van der Waals surface area contributed by atoms with Crippen molar-refractivity contribution in [3.05, 3.63) is 23.3 Å². The van der Waals surface area contributed by atoms with Gasteiger partial charge in [-0.2, -0.15) is 0 Å². The number of methoxy groups -OCH3 is 1. The van der Waals surface area contributed by atoms with Crippen LogP contribution in [0.4, 0.5) is 5.69 Å². The number of ether oxygens (including phenoxy) is 1. The van der Waals surface area contributed by atoms with Crippen LogP contribution < -0.4 is 10.5 Å². The molecule has 0 saturated heterocycles. The van der Waals surface area contributed by atoms with Gasteiger partial charge in [-0.15, -0.1) is 0 Å². The molecule has 2 aliphatic carbocycles. The number of nitrogens with two attached hydrogens (primary N) is 1. The zero-order chi connectivity index (χ0) is 18.0. The van der Waals surface area contributed by atoms with Gasteiger partial charge in [0.1, 0.15) is 5.75 Å². The summed E-state index contributed by atoms with van der Waals surface area (Å²) in [5.74, 6) is 3.57.